The first-order chi connectivity index (χ1) is 8.58. The first-order valence-electron chi connectivity index (χ1n) is 6.44. The van der Waals surface area contributed by atoms with Crippen molar-refractivity contribution in [1.29, 1.82) is 0 Å². The van der Waals surface area contributed by atoms with Crippen molar-refractivity contribution in [3.63, 3.8) is 0 Å². The van der Waals surface area contributed by atoms with Gasteiger partial charge in [-0.05, 0) is 37.5 Å². The molecule has 0 atom stereocenters. The van der Waals surface area contributed by atoms with E-state index < -0.39 is 5.82 Å². The number of rotatable bonds is 2. The number of anilines is 1. The summed E-state index contributed by atoms with van der Waals surface area (Å²) in [6.07, 6.45) is 5.44. The van der Waals surface area contributed by atoms with Gasteiger partial charge in [-0.2, -0.15) is 0 Å². The molecule has 0 heterocycles. The van der Waals surface area contributed by atoms with E-state index in [0.717, 1.165) is 25.7 Å². The number of carbonyl (C=O) groups is 1. The fourth-order valence-corrected chi connectivity index (χ4v) is 2.47. The van der Waals surface area contributed by atoms with Crippen LogP contribution in [-0.4, -0.2) is 11.9 Å². The highest BCUT2D eigenvalue weighted by Gasteiger charge is 2.19. The average Bonchev–Trinajstić information content (AvgIpc) is 2.35. The number of carbonyl (C=O) groups excluding carboxylic acids is 1. The van der Waals surface area contributed by atoms with Crippen LogP contribution in [0.4, 0.5) is 10.1 Å². The summed E-state index contributed by atoms with van der Waals surface area (Å²) >= 11 is 0. The van der Waals surface area contributed by atoms with Crippen LogP contribution in [0.25, 0.3) is 0 Å². The molecule has 18 heavy (non-hydrogen) atoms. The Balaban J connectivity index is 2.13. The van der Waals surface area contributed by atoms with Crippen molar-refractivity contribution in [3.05, 3.63) is 29.1 Å². The monoisotopic (exact) mass is 250 g/mol. The number of aryl methyl sites for hydroxylation is 1. The van der Waals surface area contributed by atoms with Crippen molar-refractivity contribution >= 4 is 11.6 Å². The molecule has 0 unspecified atom stereocenters. The van der Waals surface area contributed by atoms with Crippen LogP contribution < -0.4 is 11.1 Å². The molecule has 3 nitrogen and oxygen atoms in total. The summed E-state index contributed by atoms with van der Waals surface area (Å²) in [5.74, 6) is -0.827. The van der Waals surface area contributed by atoms with Crippen LogP contribution in [0.15, 0.2) is 12.1 Å². The molecule has 1 fully saturated rings. The van der Waals surface area contributed by atoms with Gasteiger partial charge >= 0.3 is 0 Å². The summed E-state index contributed by atoms with van der Waals surface area (Å²) < 4.78 is 13.9. The molecule has 1 aromatic carbocycles. The van der Waals surface area contributed by atoms with Crippen LogP contribution in [0.5, 0.6) is 0 Å². The lowest BCUT2D eigenvalue weighted by atomic mass is 9.95. The Morgan fingerprint density at radius 1 is 1.33 bits per heavy atom. The predicted molar refractivity (Wildman–Crippen MR) is 69.9 cm³/mol. The highest BCUT2D eigenvalue weighted by Crippen LogP contribution is 2.20. The van der Waals surface area contributed by atoms with Gasteiger partial charge in [0.1, 0.15) is 5.82 Å². The molecule has 98 valence electrons. The fourth-order valence-electron chi connectivity index (χ4n) is 2.47. The maximum Gasteiger partial charge on any atom is 0.254 e. The van der Waals surface area contributed by atoms with Gasteiger partial charge in [0.2, 0.25) is 0 Å². The van der Waals surface area contributed by atoms with E-state index in [9.17, 15) is 9.18 Å². The highest BCUT2D eigenvalue weighted by molar-refractivity contribution is 5.95. The standard InChI is InChI=1S/C14H19FN2O/c1-9-7-10(16)8-12(13(9)15)14(18)17-11-5-3-2-4-6-11/h7-8,11H,2-6,16H2,1H3,(H,17,18). The molecule has 4 heteroatoms. The molecule has 1 saturated carbocycles. The number of nitrogens with one attached hydrogen (secondary N) is 1. The molecule has 1 aliphatic rings. The summed E-state index contributed by atoms with van der Waals surface area (Å²) in [7, 11) is 0. The van der Waals surface area contributed by atoms with E-state index in [-0.39, 0.29) is 17.5 Å². The van der Waals surface area contributed by atoms with Crippen molar-refractivity contribution < 1.29 is 9.18 Å². The number of hydrogen-bond acceptors (Lipinski definition) is 2. The Hall–Kier alpha value is -1.58. The smallest absolute Gasteiger partial charge is 0.254 e. The van der Waals surface area contributed by atoms with E-state index in [1.165, 1.54) is 18.6 Å². The molecule has 2 rings (SSSR count). The molecule has 1 aromatic rings. The lowest BCUT2D eigenvalue weighted by molar-refractivity contribution is 0.0923. The summed E-state index contributed by atoms with van der Waals surface area (Å²) in [5, 5.41) is 2.90. The summed E-state index contributed by atoms with van der Waals surface area (Å²) in [6, 6.07) is 3.11. The summed E-state index contributed by atoms with van der Waals surface area (Å²) in [6.45, 7) is 1.61. The van der Waals surface area contributed by atoms with Gasteiger partial charge in [0, 0.05) is 11.7 Å². The summed E-state index contributed by atoms with van der Waals surface area (Å²) in [5.41, 5.74) is 6.53. The van der Waals surface area contributed by atoms with Crippen LogP contribution in [0.3, 0.4) is 0 Å². The van der Waals surface area contributed by atoms with E-state index in [0.29, 0.717) is 11.3 Å². The second kappa shape index (κ2) is 5.38. The number of amides is 1. The van der Waals surface area contributed by atoms with Crippen LogP contribution in [0.2, 0.25) is 0 Å². The third-order valence-corrected chi connectivity index (χ3v) is 3.46. The number of nitrogen functional groups attached to an aromatic ring is 1. The second-order valence-corrected chi connectivity index (χ2v) is 5.01. The molecule has 1 amide bonds. The molecular formula is C14H19FN2O. The number of benzene rings is 1. The first-order valence-corrected chi connectivity index (χ1v) is 6.44. The third kappa shape index (κ3) is 2.81. The van der Waals surface area contributed by atoms with Crippen molar-refractivity contribution in [2.24, 2.45) is 0 Å². The number of nitrogens with two attached hydrogens (primary N) is 1. The first kappa shape index (κ1) is 12.9. The lowest BCUT2D eigenvalue weighted by Crippen LogP contribution is -2.36. The molecule has 0 saturated heterocycles. The van der Waals surface area contributed by atoms with Crippen LogP contribution in [-0.2, 0) is 0 Å². The van der Waals surface area contributed by atoms with E-state index >= 15 is 0 Å². The van der Waals surface area contributed by atoms with Gasteiger partial charge in [-0.3, -0.25) is 4.79 Å². The van der Waals surface area contributed by atoms with Gasteiger partial charge in [0.15, 0.2) is 0 Å². The molecule has 0 spiro atoms. The predicted octanol–water partition coefficient (Wildman–Crippen LogP) is 2.78. The van der Waals surface area contributed by atoms with Gasteiger partial charge in [0.05, 0.1) is 5.56 Å². The van der Waals surface area contributed by atoms with Crippen LogP contribution in [0, 0.1) is 12.7 Å². The van der Waals surface area contributed by atoms with Crippen molar-refractivity contribution in [1.82, 2.24) is 5.32 Å². The van der Waals surface area contributed by atoms with Crippen molar-refractivity contribution in [3.8, 4) is 0 Å². The molecule has 0 bridgehead atoms. The van der Waals surface area contributed by atoms with Crippen LogP contribution >= 0.6 is 0 Å². The molecule has 3 N–H and O–H groups in total. The maximum atomic E-state index is 13.9. The average molecular weight is 250 g/mol. The summed E-state index contributed by atoms with van der Waals surface area (Å²) in [4.78, 5) is 12.0. The topological polar surface area (TPSA) is 55.1 Å². The maximum absolute atomic E-state index is 13.9. The largest absolute Gasteiger partial charge is 0.399 e. The van der Waals surface area contributed by atoms with Crippen LogP contribution in [0.1, 0.15) is 48.0 Å². The minimum Gasteiger partial charge on any atom is -0.399 e. The minimum absolute atomic E-state index is 0.0538. The van der Waals surface area contributed by atoms with E-state index in [4.69, 9.17) is 5.73 Å². The van der Waals surface area contributed by atoms with Gasteiger partial charge in [-0.25, -0.2) is 4.39 Å². The van der Waals surface area contributed by atoms with Gasteiger partial charge in [0.25, 0.3) is 5.91 Å². The van der Waals surface area contributed by atoms with Gasteiger partial charge in [-0.15, -0.1) is 0 Å². The fraction of sp³-hybridized carbons (Fsp3) is 0.500. The second-order valence-electron chi connectivity index (χ2n) is 5.01. The zero-order chi connectivity index (χ0) is 13.1. The molecule has 1 aliphatic carbocycles. The molecule has 0 aliphatic heterocycles. The molecule has 0 radical (unpaired) electrons. The third-order valence-electron chi connectivity index (χ3n) is 3.46. The highest BCUT2D eigenvalue weighted by atomic mass is 19.1. The lowest BCUT2D eigenvalue weighted by Gasteiger charge is -2.23. The van der Waals surface area contributed by atoms with Crippen molar-refractivity contribution in [2.45, 2.75) is 45.1 Å². The minimum atomic E-state index is -0.475. The zero-order valence-electron chi connectivity index (χ0n) is 10.6. The van der Waals surface area contributed by atoms with E-state index in [1.54, 1.807) is 6.92 Å². The number of halogens is 1. The van der Waals surface area contributed by atoms with Crippen molar-refractivity contribution in [2.75, 3.05) is 5.73 Å². The van der Waals surface area contributed by atoms with Gasteiger partial charge < -0.3 is 11.1 Å². The quantitative estimate of drug-likeness (QED) is 0.793. The Kier molecular flexibility index (Phi) is 3.84. The Bertz CT molecular complexity index is 453. The SMILES string of the molecule is Cc1cc(N)cc(C(=O)NC2CCCCC2)c1F. The van der Waals surface area contributed by atoms with Gasteiger partial charge in [-0.1, -0.05) is 19.3 Å². The van der Waals surface area contributed by atoms with E-state index in [1.807, 2.05) is 0 Å². The Morgan fingerprint density at radius 2 is 2.00 bits per heavy atom. The number of hydrogen-bond donors (Lipinski definition) is 2. The Morgan fingerprint density at radius 3 is 2.67 bits per heavy atom. The van der Waals surface area contributed by atoms with E-state index in [2.05, 4.69) is 5.32 Å². The normalized spacial score (nSPS) is 16.6. The molecule has 0 aromatic heterocycles. The zero-order valence-corrected chi connectivity index (χ0v) is 10.6. The Labute approximate surface area is 107 Å². The molecular weight excluding hydrogens is 231 g/mol.